The van der Waals surface area contributed by atoms with Crippen molar-refractivity contribution in [3.63, 3.8) is 0 Å². The first kappa shape index (κ1) is 26.3. The van der Waals surface area contributed by atoms with Crippen LogP contribution in [0.25, 0.3) is 0 Å². The van der Waals surface area contributed by atoms with Crippen molar-refractivity contribution in [2.24, 2.45) is 0 Å². The first-order valence-electron chi connectivity index (χ1n) is 10.6. The van der Waals surface area contributed by atoms with Crippen LogP contribution in [0.3, 0.4) is 0 Å². The second kappa shape index (κ2) is 10.8. The Hall–Kier alpha value is -2.93. The predicted molar refractivity (Wildman–Crippen MR) is 111 cm³/mol. The number of ether oxygens (including phenoxy) is 1. The summed E-state index contributed by atoms with van der Waals surface area (Å²) in [4.78, 5) is 60.8. The SMILES string of the molecule is CCN1C(=O)N(O[C@@H](F)C(=O)O)C=C(C)[C@H]1C(=O)NOC[C@@H]1CCCN1C(=O)OC(C)(C)C. The maximum atomic E-state index is 13.4. The number of carbonyl (C=O) groups is 4. The molecule has 0 unspecified atom stereocenters. The lowest BCUT2D eigenvalue weighted by Gasteiger charge is -2.37. The van der Waals surface area contributed by atoms with Crippen LogP contribution in [0.4, 0.5) is 14.0 Å². The number of hydrogen-bond acceptors (Lipinski definition) is 7. The van der Waals surface area contributed by atoms with Gasteiger partial charge in [-0.05, 0) is 53.0 Å². The zero-order chi connectivity index (χ0) is 24.9. The highest BCUT2D eigenvalue weighted by atomic mass is 19.1. The van der Waals surface area contributed by atoms with Crippen LogP contribution in [0.5, 0.6) is 0 Å². The van der Waals surface area contributed by atoms with Crippen molar-refractivity contribution in [2.45, 2.75) is 71.5 Å². The second-order valence-electron chi connectivity index (χ2n) is 8.68. The van der Waals surface area contributed by atoms with Crippen molar-refractivity contribution in [3.8, 4) is 0 Å². The van der Waals surface area contributed by atoms with Gasteiger partial charge in [0.2, 0.25) is 0 Å². The number of hydrogen-bond donors (Lipinski definition) is 2. The Labute approximate surface area is 191 Å². The van der Waals surface area contributed by atoms with E-state index >= 15 is 0 Å². The fourth-order valence-electron chi connectivity index (χ4n) is 3.51. The van der Waals surface area contributed by atoms with E-state index in [1.165, 1.54) is 6.92 Å². The molecule has 2 aliphatic heterocycles. The molecule has 0 aromatic carbocycles. The summed E-state index contributed by atoms with van der Waals surface area (Å²) >= 11 is 0. The molecule has 0 spiro atoms. The summed E-state index contributed by atoms with van der Waals surface area (Å²) < 4.78 is 18.8. The number of nitrogens with zero attached hydrogens (tertiary/aromatic N) is 3. The summed E-state index contributed by atoms with van der Waals surface area (Å²) in [6.45, 7) is 9.02. The predicted octanol–water partition coefficient (Wildman–Crippen LogP) is 1.78. The molecule has 0 aromatic heterocycles. The van der Waals surface area contributed by atoms with E-state index in [-0.39, 0.29) is 19.2 Å². The molecule has 1 fully saturated rings. The molecule has 2 rings (SSSR count). The Bertz CT molecular complexity index is 799. The molecule has 3 atom stereocenters. The number of aliphatic carboxylic acids is 1. The minimum absolute atomic E-state index is 0.0257. The zero-order valence-corrected chi connectivity index (χ0v) is 19.4. The van der Waals surface area contributed by atoms with Crippen LogP contribution < -0.4 is 5.48 Å². The van der Waals surface area contributed by atoms with Crippen molar-refractivity contribution in [3.05, 3.63) is 11.8 Å². The number of likely N-dealkylation sites (tertiary alicyclic amines) is 1. The molecule has 4 amide bonds. The molecule has 0 saturated carbocycles. The Morgan fingerprint density at radius 2 is 2.00 bits per heavy atom. The van der Waals surface area contributed by atoms with Crippen molar-refractivity contribution in [1.29, 1.82) is 0 Å². The van der Waals surface area contributed by atoms with E-state index in [1.54, 1.807) is 32.6 Å². The van der Waals surface area contributed by atoms with Crippen molar-refractivity contribution >= 4 is 24.0 Å². The smallest absolute Gasteiger partial charge is 0.410 e. The van der Waals surface area contributed by atoms with Crippen LogP contribution in [-0.4, -0.2) is 87.7 Å². The van der Waals surface area contributed by atoms with E-state index < -0.39 is 42.0 Å². The van der Waals surface area contributed by atoms with E-state index in [9.17, 15) is 23.6 Å². The minimum atomic E-state index is -2.75. The Balaban J connectivity index is 1.98. The van der Waals surface area contributed by atoms with Gasteiger partial charge >= 0.3 is 24.5 Å². The van der Waals surface area contributed by atoms with Gasteiger partial charge in [-0.2, -0.15) is 5.06 Å². The van der Waals surface area contributed by atoms with Gasteiger partial charge in [-0.1, -0.05) is 0 Å². The Kier molecular flexibility index (Phi) is 8.61. The highest BCUT2D eigenvalue weighted by Crippen LogP contribution is 2.23. The quantitative estimate of drug-likeness (QED) is 0.508. The number of urea groups is 1. The van der Waals surface area contributed by atoms with Gasteiger partial charge in [0.25, 0.3) is 5.91 Å². The number of carbonyl (C=O) groups excluding carboxylic acids is 3. The molecule has 13 heteroatoms. The van der Waals surface area contributed by atoms with Crippen LogP contribution in [0.2, 0.25) is 0 Å². The van der Waals surface area contributed by atoms with Gasteiger partial charge in [0.1, 0.15) is 11.6 Å². The number of rotatable bonds is 8. The third kappa shape index (κ3) is 6.78. The summed E-state index contributed by atoms with van der Waals surface area (Å²) in [7, 11) is 0. The molecule has 12 nitrogen and oxygen atoms in total. The van der Waals surface area contributed by atoms with Crippen LogP contribution in [0.15, 0.2) is 11.8 Å². The van der Waals surface area contributed by atoms with Gasteiger partial charge in [0, 0.05) is 19.3 Å². The van der Waals surface area contributed by atoms with Gasteiger partial charge in [0.15, 0.2) is 0 Å². The van der Waals surface area contributed by atoms with Crippen LogP contribution >= 0.6 is 0 Å². The summed E-state index contributed by atoms with van der Waals surface area (Å²) in [6.07, 6.45) is -0.704. The lowest BCUT2D eigenvalue weighted by Crippen LogP contribution is -2.57. The van der Waals surface area contributed by atoms with Crippen LogP contribution in [0, 0.1) is 0 Å². The first-order valence-corrected chi connectivity index (χ1v) is 10.6. The Morgan fingerprint density at radius 1 is 1.33 bits per heavy atom. The standard InChI is InChI=1S/C20H31FN4O8/c1-6-23-14(12(2)10-25(18(23)29)33-15(21)17(27)28)16(26)22-31-11-13-8-7-9-24(13)19(30)32-20(3,4)5/h10,13-15H,6-9,11H2,1-5H3,(H,22,26)(H,27,28)/t13-,14-,15+/m0/s1. The third-order valence-corrected chi connectivity index (χ3v) is 4.94. The molecular weight excluding hydrogens is 443 g/mol. The van der Waals surface area contributed by atoms with E-state index in [4.69, 9.17) is 14.7 Å². The summed E-state index contributed by atoms with van der Waals surface area (Å²) in [5.41, 5.74) is 1.96. The molecule has 2 N–H and O–H groups in total. The van der Waals surface area contributed by atoms with Crippen molar-refractivity contribution in [2.75, 3.05) is 19.7 Å². The van der Waals surface area contributed by atoms with E-state index in [0.717, 1.165) is 17.5 Å². The molecule has 33 heavy (non-hydrogen) atoms. The number of halogens is 1. The van der Waals surface area contributed by atoms with Crippen molar-refractivity contribution < 1.29 is 43.1 Å². The average Bonchev–Trinajstić information content (AvgIpc) is 3.17. The number of carboxylic acid groups (broad SMARTS) is 1. The maximum absolute atomic E-state index is 13.4. The maximum Gasteiger partial charge on any atom is 0.410 e. The fourth-order valence-corrected chi connectivity index (χ4v) is 3.51. The summed E-state index contributed by atoms with van der Waals surface area (Å²) in [5, 5.41) is 9.08. The largest absolute Gasteiger partial charge is 0.477 e. The van der Waals surface area contributed by atoms with Crippen LogP contribution in [0.1, 0.15) is 47.5 Å². The molecule has 186 valence electrons. The molecule has 0 aliphatic carbocycles. The first-order chi connectivity index (χ1) is 15.4. The van der Waals surface area contributed by atoms with E-state index in [1.807, 2.05) is 0 Å². The number of amides is 4. The lowest BCUT2D eigenvalue weighted by molar-refractivity contribution is -0.207. The number of likely N-dealkylation sites (N-methyl/N-ethyl adjacent to an activating group) is 1. The normalized spacial score (nSPS) is 22.2. The summed E-state index contributed by atoms with van der Waals surface area (Å²) in [6, 6.07) is -2.26. The number of hydroxylamine groups is 3. The van der Waals surface area contributed by atoms with Gasteiger partial charge < -0.3 is 19.6 Å². The van der Waals surface area contributed by atoms with Gasteiger partial charge in [-0.25, -0.2) is 29.1 Å². The molecule has 2 aliphatic rings. The molecule has 0 bridgehead atoms. The minimum Gasteiger partial charge on any atom is -0.477 e. The second-order valence-corrected chi connectivity index (χ2v) is 8.68. The van der Waals surface area contributed by atoms with Crippen LogP contribution in [-0.2, 0) is 24.0 Å². The highest BCUT2D eigenvalue weighted by molar-refractivity contribution is 5.90. The molecule has 0 radical (unpaired) electrons. The van der Waals surface area contributed by atoms with Crippen molar-refractivity contribution in [1.82, 2.24) is 20.3 Å². The van der Waals surface area contributed by atoms with Gasteiger partial charge in [-0.15, -0.1) is 0 Å². The van der Waals surface area contributed by atoms with E-state index in [0.29, 0.717) is 23.6 Å². The topological polar surface area (TPSA) is 138 Å². The lowest BCUT2D eigenvalue weighted by atomic mass is 10.1. The molecule has 2 heterocycles. The number of alkyl halides is 1. The fraction of sp³-hybridized carbons (Fsp3) is 0.700. The highest BCUT2D eigenvalue weighted by Gasteiger charge is 2.39. The average molecular weight is 474 g/mol. The third-order valence-electron chi connectivity index (χ3n) is 4.94. The number of nitrogens with one attached hydrogen (secondary N) is 1. The zero-order valence-electron chi connectivity index (χ0n) is 19.4. The number of carboxylic acids is 1. The molecule has 1 saturated heterocycles. The van der Waals surface area contributed by atoms with Gasteiger partial charge in [0.05, 0.1) is 12.6 Å². The van der Waals surface area contributed by atoms with Gasteiger partial charge in [-0.3, -0.25) is 9.63 Å². The summed E-state index contributed by atoms with van der Waals surface area (Å²) in [5.74, 6) is -2.55. The Morgan fingerprint density at radius 3 is 2.58 bits per heavy atom. The molecule has 0 aromatic rings. The van der Waals surface area contributed by atoms with E-state index in [2.05, 4.69) is 10.3 Å². The molecular formula is C20H31FN4O8. The monoisotopic (exact) mass is 474 g/mol.